The maximum Gasteiger partial charge on any atom is 0.287 e. The summed E-state index contributed by atoms with van der Waals surface area (Å²) in [6, 6.07) is 10.8. The second kappa shape index (κ2) is 4.70. The van der Waals surface area contributed by atoms with E-state index in [-0.39, 0.29) is 0 Å². The second-order valence-electron chi connectivity index (χ2n) is 5.78. The van der Waals surface area contributed by atoms with Gasteiger partial charge in [-0.3, -0.25) is 0 Å². The SMILES string of the molecule is C=Cc1c(/C=C\C)c2ccc(C)c3c2n1-c1cccc[n+]1C3. The lowest BCUT2D eigenvalue weighted by Gasteiger charge is -2.16. The van der Waals surface area contributed by atoms with Gasteiger partial charge in [0, 0.05) is 22.6 Å². The highest BCUT2D eigenvalue weighted by Gasteiger charge is 2.30. The van der Waals surface area contributed by atoms with Crippen LogP contribution in [0, 0.1) is 6.92 Å². The fourth-order valence-corrected chi connectivity index (χ4v) is 3.54. The average molecular weight is 287 g/mol. The van der Waals surface area contributed by atoms with Gasteiger partial charge >= 0.3 is 0 Å². The van der Waals surface area contributed by atoms with Crippen LogP contribution in [0.4, 0.5) is 0 Å². The topological polar surface area (TPSA) is 8.81 Å². The molecule has 4 rings (SSSR count). The molecular formula is C20H19N2+. The zero-order chi connectivity index (χ0) is 15.3. The van der Waals surface area contributed by atoms with Crippen LogP contribution in [0.2, 0.25) is 0 Å². The van der Waals surface area contributed by atoms with Crippen molar-refractivity contribution in [2.45, 2.75) is 20.4 Å². The summed E-state index contributed by atoms with van der Waals surface area (Å²) in [5.74, 6) is 1.20. The fraction of sp³-hybridized carbons (Fsp3) is 0.150. The summed E-state index contributed by atoms with van der Waals surface area (Å²) in [4.78, 5) is 0. The van der Waals surface area contributed by atoms with Crippen LogP contribution in [-0.2, 0) is 6.54 Å². The van der Waals surface area contributed by atoms with E-state index < -0.39 is 0 Å². The van der Waals surface area contributed by atoms with E-state index in [1.807, 2.05) is 6.08 Å². The first-order valence-corrected chi connectivity index (χ1v) is 7.67. The molecule has 1 aliphatic heterocycles. The summed E-state index contributed by atoms with van der Waals surface area (Å²) in [5.41, 5.74) is 6.50. The summed E-state index contributed by atoms with van der Waals surface area (Å²) in [7, 11) is 0. The van der Waals surface area contributed by atoms with Crippen LogP contribution in [-0.4, -0.2) is 4.57 Å². The predicted molar refractivity (Wildman–Crippen MR) is 92.1 cm³/mol. The van der Waals surface area contributed by atoms with Crippen LogP contribution in [0.1, 0.15) is 29.3 Å². The highest BCUT2D eigenvalue weighted by Crippen LogP contribution is 2.36. The van der Waals surface area contributed by atoms with Gasteiger partial charge in [-0.1, -0.05) is 30.9 Å². The molecule has 0 saturated heterocycles. The van der Waals surface area contributed by atoms with E-state index in [2.05, 4.69) is 78.2 Å². The van der Waals surface area contributed by atoms with Crippen molar-refractivity contribution in [3.63, 3.8) is 0 Å². The van der Waals surface area contributed by atoms with E-state index in [0.717, 1.165) is 6.54 Å². The summed E-state index contributed by atoms with van der Waals surface area (Å²) in [5, 5.41) is 1.31. The van der Waals surface area contributed by atoms with E-state index in [1.54, 1.807) is 0 Å². The number of fused-ring (bicyclic) bond motifs is 2. The number of allylic oxidation sites excluding steroid dienone is 1. The van der Waals surface area contributed by atoms with Gasteiger partial charge in [0.05, 0.1) is 6.20 Å². The molecule has 0 bridgehead atoms. The van der Waals surface area contributed by atoms with Crippen LogP contribution in [0.3, 0.4) is 0 Å². The third-order valence-electron chi connectivity index (χ3n) is 4.55. The minimum atomic E-state index is 0.926. The molecule has 108 valence electrons. The quantitative estimate of drug-likeness (QED) is 0.487. The Hall–Kier alpha value is -2.61. The molecule has 22 heavy (non-hydrogen) atoms. The second-order valence-corrected chi connectivity index (χ2v) is 5.78. The van der Waals surface area contributed by atoms with Gasteiger partial charge in [-0.2, -0.15) is 4.57 Å². The maximum atomic E-state index is 4.06. The number of benzene rings is 1. The van der Waals surface area contributed by atoms with Gasteiger partial charge in [-0.25, -0.2) is 4.57 Å². The van der Waals surface area contributed by atoms with Crippen LogP contribution in [0.5, 0.6) is 0 Å². The van der Waals surface area contributed by atoms with Gasteiger partial charge in [0.1, 0.15) is 17.8 Å². The lowest BCUT2D eigenvalue weighted by molar-refractivity contribution is -0.683. The van der Waals surface area contributed by atoms with Gasteiger partial charge in [0.25, 0.3) is 5.82 Å². The zero-order valence-electron chi connectivity index (χ0n) is 13.0. The normalized spacial score (nSPS) is 12.8. The summed E-state index contributed by atoms with van der Waals surface area (Å²) < 4.78 is 4.66. The number of hydrogen-bond acceptors (Lipinski definition) is 0. The summed E-state index contributed by atoms with van der Waals surface area (Å²) in [6.45, 7) is 9.25. The fourth-order valence-electron chi connectivity index (χ4n) is 3.54. The molecule has 3 aromatic rings. The highest BCUT2D eigenvalue weighted by molar-refractivity contribution is 5.97. The Labute approximate surface area is 130 Å². The Balaban J connectivity index is 2.26. The molecule has 0 amide bonds. The van der Waals surface area contributed by atoms with Crippen molar-refractivity contribution in [2.75, 3.05) is 0 Å². The van der Waals surface area contributed by atoms with Crippen molar-refractivity contribution in [2.24, 2.45) is 0 Å². The number of rotatable bonds is 2. The first-order chi connectivity index (χ1) is 10.8. The van der Waals surface area contributed by atoms with E-state index in [9.17, 15) is 0 Å². The molecule has 1 aliphatic rings. The zero-order valence-corrected chi connectivity index (χ0v) is 13.0. The van der Waals surface area contributed by atoms with Crippen LogP contribution < -0.4 is 4.57 Å². The molecule has 2 aromatic heterocycles. The van der Waals surface area contributed by atoms with E-state index in [4.69, 9.17) is 0 Å². The minimum absolute atomic E-state index is 0.926. The Kier molecular flexibility index (Phi) is 2.80. The van der Waals surface area contributed by atoms with Crippen molar-refractivity contribution in [3.05, 3.63) is 71.6 Å². The standard InChI is InChI=1S/C20H19N2/c1-4-8-15-16-11-10-14(3)17-13-21-12-7-6-9-19(21)22(20(16)17)18(15)5-2/h4-12H,2,13H2,1,3H3/q+1/b8-4-. The van der Waals surface area contributed by atoms with Crippen LogP contribution in [0.25, 0.3) is 28.9 Å². The van der Waals surface area contributed by atoms with E-state index in [0.29, 0.717) is 0 Å². The Morgan fingerprint density at radius 3 is 2.86 bits per heavy atom. The number of aryl methyl sites for hydroxylation is 1. The molecule has 0 N–H and O–H groups in total. The molecule has 3 heterocycles. The lowest BCUT2D eigenvalue weighted by Crippen LogP contribution is -2.41. The molecule has 0 radical (unpaired) electrons. The van der Waals surface area contributed by atoms with Crippen molar-refractivity contribution < 1.29 is 4.57 Å². The number of aromatic nitrogens is 2. The number of pyridine rings is 1. The first-order valence-electron chi connectivity index (χ1n) is 7.67. The number of hydrogen-bond donors (Lipinski definition) is 0. The van der Waals surface area contributed by atoms with E-state index >= 15 is 0 Å². The van der Waals surface area contributed by atoms with Crippen molar-refractivity contribution in [1.82, 2.24) is 4.57 Å². The van der Waals surface area contributed by atoms with Crippen molar-refractivity contribution >= 4 is 23.1 Å². The van der Waals surface area contributed by atoms with Crippen molar-refractivity contribution in [1.29, 1.82) is 0 Å². The molecule has 0 spiro atoms. The predicted octanol–water partition coefficient (Wildman–Crippen LogP) is 4.26. The van der Waals surface area contributed by atoms with Gasteiger partial charge in [0.15, 0.2) is 0 Å². The minimum Gasteiger partial charge on any atom is -0.229 e. The van der Waals surface area contributed by atoms with Gasteiger partial charge in [-0.15, -0.1) is 0 Å². The monoisotopic (exact) mass is 287 g/mol. The first kappa shape index (κ1) is 13.1. The largest absolute Gasteiger partial charge is 0.287 e. The van der Waals surface area contributed by atoms with Crippen molar-refractivity contribution in [3.8, 4) is 5.82 Å². The average Bonchev–Trinajstić information content (AvgIpc) is 2.86. The molecule has 2 nitrogen and oxygen atoms in total. The molecule has 0 atom stereocenters. The molecule has 0 saturated carbocycles. The molecular weight excluding hydrogens is 268 g/mol. The summed E-state index contributed by atoms with van der Waals surface area (Å²) in [6.07, 6.45) is 8.41. The molecule has 0 aliphatic carbocycles. The maximum absolute atomic E-state index is 4.06. The van der Waals surface area contributed by atoms with Gasteiger partial charge in [0.2, 0.25) is 0 Å². The molecule has 0 unspecified atom stereocenters. The number of nitrogens with zero attached hydrogens (tertiary/aromatic N) is 2. The lowest BCUT2D eigenvalue weighted by atomic mass is 10.0. The summed E-state index contributed by atoms with van der Waals surface area (Å²) >= 11 is 0. The van der Waals surface area contributed by atoms with E-state index in [1.165, 1.54) is 39.1 Å². The third kappa shape index (κ3) is 1.58. The van der Waals surface area contributed by atoms with Crippen LogP contribution in [0.15, 0.2) is 49.2 Å². The molecule has 2 heteroatoms. The van der Waals surface area contributed by atoms with Gasteiger partial charge < -0.3 is 0 Å². The smallest absolute Gasteiger partial charge is 0.229 e. The van der Waals surface area contributed by atoms with Crippen LogP contribution >= 0.6 is 0 Å². The highest BCUT2D eigenvalue weighted by atomic mass is 15.2. The Morgan fingerprint density at radius 2 is 2.09 bits per heavy atom. The van der Waals surface area contributed by atoms with Gasteiger partial charge in [-0.05, 0) is 37.6 Å². The molecule has 0 fully saturated rings. The molecule has 1 aromatic carbocycles. The third-order valence-corrected chi connectivity index (χ3v) is 4.55. The Morgan fingerprint density at radius 1 is 1.23 bits per heavy atom. The Bertz CT molecular complexity index is 942.